The second kappa shape index (κ2) is 3.68. The summed E-state index contributed by atoms with van der Waals surface area (Å²) >= 11 is 2.60. The van der Waals surface area contributed by atoms with Gasteiger partial charge in [0.05, 0.1) is 0 Å². The van der Waals surface area contributed by atoms with E-state index in [1.165, 1.54) is 11.3 Å². The topological polar surface area (TPSA) is 56.0 Å². The Kier molecular flexibility index (Phi) is 2.84. The Bertz CT molecular complexity index is 261. The van der Waals surface area contributed by atoms with Crippen molar-refractivity contribution in [1.82, 2.24) is 4.98 Å². The van der Waals surface area contributed by atoms with E-state index in [4.69, 9.17) is 0 Å². The maximum atomic E-state index is 9.94. The third-order valence-electron chi connectivity index (χ3n) is 0.891. The molecule has 0 aliphatic carbocycles. The number of nitrogens with zero attached hydrogens (tertiary/aromatic N) is 2. The van der Waals surface area contributed by atoms with E-state index >= 15 is 0 Å². The lowest BCUT2D eigenvalue weighted by atomic mass is 10.6. The van der Waals surface area contributed by atoms with Gasteiger partial charge in [0.15, 0.2) is 4.34 Å². The predicted molar refractivity (Wildman–Crippen MR) is 44.6 cm³/mol. The maximum Gasteiger partial charge on any atom is 0.255 e. The number of rotatable bonds is 3. The summed E-state index contributed by atoms with van der Waals surface area (Å²) in [6, 6.07) is 0. The lowest BCUT2D eigenvalue weighted by Crippen LogP contribution is -1.94. The Labute approximate surface area is 71.8 Å². The van der Waals surface area contributed by atoms with E-state index in [1.807, 2.05) is 12.3 Å². The van der Waals surface area contributed by atoms with Crippen LogP contribution in [0.1, 0.15) is 5.69 Å². The Morgan fingerprint density at radius 2 is 2.64 bits per heavy atom. The SMILES string of the molecule is Cc1csc(SC[N+](=O)[O-])n1. The number of aromatic nitrogens is 1. The van der Waals surface area contributed by atoms with Crippen molar-refractivity contribution >= 4 is 23.1 Å². The molecule has 0 N–H and O–H groups in total. The van der Waals surface area contributed by atoms with Gasteiger partial charge in [0.1, 0.15) is 0 Å². The summed E-state index contributed by atoms with van der Waals surface area (Å²) < 4.78 is 0.763. The fourth-order valence-electron chi connectivity index (χ4n) is 0.507. The van der Waals surface area contributed by atoms with E-state index in [0.717, 1.165) is 21.8 Å². The highest BCUT2D eigenvalue weighted by Crippen LogP contribution is 2.21. The van der Waals surface area contributed by atoms with Gasteiger partial charge in [-0.15, -0.1) is 11.3 Å². The molecule has 0 atom stereocenters. The molecule has 1 aromatic heterocycles. The van der Waals surface area contributed by atoms with Crippen LogP contribution in [0.25, 0.3) is 0 Å². The molecule has 0 amide bonds. The normalized spacial score (nSPS) is 9.91. The molecule has 0 unspecified atom stereocenters. The lowest BCUT2D eigenvalue weighted by molar-refractivity contribution is -0.456. The third kappa shape index (κ3) is 2.85. The van der Waals surface area contributed by atoms with Gasteiger partial charge in [-0.25, -0.2) is 4.98 Å². The number of nitro groups is 1. The molecule has 0 fully saturated rings. The summed E-state index contributed by atoms with van der Waals surface area (Å²) in [7, 11) is 0. The quantitative estimate of drug-likeness (QED) is 0.315. The van der Waals surface area contributed by atoms with Crippen LogP contribution in [-0.4, -0.2) is 15.8 Å². The van der Waals surface area contributed by atoms with Gasteiger partial charge in [-0.3, -0.25) is 10.1 Å². The van der Waals surface area contributed by atoms with Crippen LogP contribution in [0.2, 0.25) is 0 Å². The highest BCUT2D eigenvalue weighted by Gasteiger charge is 2.03. The van der Waals surface area contributed by atoms with Crippen LogP contribution in [-0.2, 0) is 0 Å². The molecule has 1 aromatic rings. The summed E-state index contributed by atoms with van der Waals surface area (Å²) in [5.41, 5.74) is 0.917. The molecule has 0 aliphatic rings. The van der Waals surface area contributed by atoms with Crippen LogP contribution in [0.5, 0.6) is 0 Å². The smallest absolute Gasteiger partial charge is 0.255 e. The van der Waals surface area contributed by atoms with Crippen molar-refractivity contribution in [3.63, 3.8) is 0 Å². The number of hydrogen-bond acceptors (Lipinski definition) is 5. The highest BCUT2D eigenvalue weighted by atomic mass is 32.2. The molecule has 11 heavy (non-hydrogen) atoms. The lowest BCUT2D eigenvalue weighted by Gasteiger charge is -1.87. The highest BCUT2D eigenvalue weighted by molar-refractivity contribution is 8.00. The number of thiazole rings is 1. The number of thioether (sulfide) groups is 1. The molecular weight excluding hydrogens is 184 g/mol. The first-order valence-corrected chi connectivity index (χ1v) is 4.72. The van der Waals surface area contributed by atoms with Crippen LogP contribution >= 0.6 is 23.1 Å². The van der Waals surface area contributed by atoms with Crippen molar-refractivity contribution in [1.29, 1.82) is 0 Å². The Hall–Kier alpha value is -0.620. The second-order valence-electron chi connectivity index (χ2n) is 1.86. The van der Waals surface area contributed by atoms with Gasteiger partial charge in [-0.1, -0.05) is 0 Å². The van der Waals surface area contributed by atoms with Crippen molar-refractivity contribution in [3.05, 3.63) is 21.2 Å². The summed E-state index contributed by atoms with van der Waals surface area (Å²) in [4.78, 5) is 13.6. The zero-order chi connectivity index (χ0) is 8.27. The molecule has 1 heterocycles. The van der Waals surface area contributed by atoms with Crippen LogP contribution in [0, 0.1) is 17.0 Å². The summed E-state index contributed by atoms with van der Waals surface area (Å²) in [5.74, 6) is -0.104. The molecule has 4 nitrogen and oxygen atoms in total. The number of hydrogen-bond donors (Lipinski definition) is 0. The molecule has 0 aliphatic heterocycles. The third-order valence-corrected chi connectivity index (χ3v) is 2.96. The maximum absolute atomic E-state index is 9.94. The summed E-state index contributed by atoms with van der Waals surface area (Å²) in [6.07, 6.45) is 0. The first-order valence-electron chi connectivity index (χ1n) is 2.85. The van der Waals surface area contributed by atoms with Crippen LogP contribution in [0.4, 0.5) is 0 Å². The predicted octanol–water partition coefficient (Wildman–Crippen LogP) is 1.78. The molecule has 0 saturated carbocycles. The van der Waals surface area contributed by atoms with E-state index in [1.54, 1.807) is 0 Å². The van der Waals surface area contributed by atoms with Crippen molar-refractivity contribution in [2.75, 3.05) is 5.88 Å². The van der Waals surface area contributed by atoms with Gasteiger partial charge in [0, 0.05) is 16.0 Å². The Morgan fingerprint density at radius 1 is 1.91 bits per heavy atom. The fourth-order valence-corrected chi connectivity index (χ4v) is 2.03. The van der Waals surface area contributed by atoms with Gasteiger partial charge in [-0.05, 0) is 18.7 Å². The van der Waals surface area contributed by atoms with E-state index in [2.05, 4.69) is 4.98 Å². The first kappa shape index (κ1) is 8.48. The summed E-state index contributed by atoms with van der Waals surface area (Å²) in [5, 5.41) is 11.8. The van der Waals surface area contributed by atoms with E-state index in [-0.39, 0.29) is 10.8 Å². The number of aryl methyl sites for hydroxylation is 1. The van der Waals surface area contributed by atoms with Gasteiger partial charge in [0.25, 0.3) is 5.88 Å². The van der Waals surface area contributed by atoms with Gasteiger partial charge < -0.3 is 0 Å². The van der Waals surface area contributed by atoms with Crippen LogP contribution in [0.15, 0.2) is 9.72 Å². The molecule has 60 valence electrons. The largest absolute Gasteiger partial charge is 0.264 e. The zero-order valence-corrected chi connectivity index (χ0v) is 7.44. The average Bonchev–Trinajstić information content (AvgIpc) is 2.31. The fraction of sp³-hybridized carbons (Fsp3) is 0.400. The van der Waals surface area contributed by atoms with Crippen molar-refractivity contribution in [3.8, 4) is 0 Å². The Balaban J connectivity index is 2.45. The Morgan fingerprint density at radius 3 is 3.09 bits per heavy atom. The minimum Gasteiger partial charge on any atom is -0.264 e. The zero-order valence-electron chi connectivity index (χ0n) is 5.81. The average molecular weight is 190 g/mol. The van der Waals surface area contributed by atoms with E-state index in [0.29, 0.717) is 0 Å². The van der Waals surface area contributed by atoms with Crippen LogP contribution in [0.3, 0.4) is 0 Å². The standard InChI is InChI=1S/C5H6N2O2S2/c1-4-2-10-5(6-4)11-3-7(8)9/h2H,3H2,1H3. The minimum atomic E-state index is -0.360. The minimum absolute atomic E-state index is 0.104. The first-order chi connectivity index (χ1) is 5.18. The van der Waals surface area contributed by atoms with Crippen LogP contribution < -0.4 is 0 Å². The molecule has 6 heteroatoms. The molecule has 0 aromatic carbocycles. The molecule has 0 spiro atoms. The molecule has 0 radical (unpaired) electrons. The van der Waals surface area contributed by atoms with Gasteiger partial charge in [0.2, 0.25) is 0 Å². The molecular formula is C5H6N2O2S2. The monoisotopic (exact) mass is 190 g/mol. The van der Waals surface area contributed by atoms with E-state index in [9.17, 15) is 10.1 Å². The van der Waals surface area contributed by atoms with Gasteiger partial charge in [-0.2, -0.15) is 0 Å². The van der Waals surface area contributed by atoms with Gasteiger partial charge >= 0.3 is 0 Å². The van der Waals surface area contributed by atoms with Crippen molar-refractivity contribution in [2.24, 2.45) is 0 Å². The molecule has 0 saturated heterocycles. The van der Waals surface area contributed by atoms with Crippen molar-refractivity contribution < 1.29 is 4.92 Å². The second-order valence-corrected chi connectivity index (χ2v) is 3.91. The van der Waals surface area contributed by atoms with E-state index < -0.39 is 0 Å². The molecule has 0 bridgehead atoms. The summed E-state index contributed by atoms with van der Waals surface area (Å²) in [6.45, 7) is 1.87. The van der Waals surface area contributed by atoms with Crippen molar-refractivity contribution in [2.45, 2.75) is 11.3 Å². The molecule has 1 rings (SSSR count).